The van der Waals surface area contributed by atoms with E-state index in [4.69, 9.17) is 20.1 Å². The Hall–Kier alpha value is -0.673. The molecule has 0 amide bonds. The molecule has 0 aromatic carbocycles. The van der Waals surface area contributed by atoms with Crippen LogP contribution in [0.2, 0.25) is 0 Å². The summed E-state index contributed by atoms with van der Waals surface area (Å²) >= 11 is 0. The van der Waals surface area contributed by atoms with E-state index in [-0.39, 0.29) is 20.3 Å². The Labute approximate surface area is 101 Å². The number of hydrogen-bond acceptors (Lipinski definition) is 9. The van der Waals surface area contributed by atoms with Gasteiger partial charge < -0.3 is 26.1 Å². The predicted molar refractivity (Wildman–Crippen MR) is 37.0 cm³/mol. The van der Waals surface area contributed by atoms with Crippen molar-refractivity contribution in [2.24, 2.45) is 0 Å². The molecule has 0 spiro atoms. The minimum Gasteiger partial charge on any atom is -1.00 e. The fraction of sp³-hybridized carbons (Fsp3) is 0. The van der Waals surface area contributed by atoms with Gasteiger partial charge >= 0.3 is 45.4 Å². The van der Waals surface area contributed by atoms with Gasteiger partial charge in [0, 0.05) is 9.05 Å². The van der Waals surface area contributed by atoms with Gasteiger partial charge in [0.15, 0.2) is 0 Å². The van der Waals surface area contributed by atoms with E-state index < -0.39 is 26.6 Å². The molecule has 0 aliphatic carbocycles. The number of carbonyl (C=O) groups excluding carboxylic acids is 2. The zero-order chi connectivity index (χ0) is 12.4. The van der Waals surface area contributed by atoms with Gasteiger partial charge in [0.1, 0.15) is 0 Å². The number of hydrogen-bond donors (Lipinski definition) is 4. The van der Waals surface area contributed by atoms with Gasteiger partial charge in [0.2, 0.25) is 0 Å². The number of halogens is 2. The fourth-order valence-corrected chi connectivity index (χ4v) is 0.172. The van der Waals surface area contributed by atoms with Gasteiger partial charge in [-0.05, 0) is 0 Å². The van der Waals surface area contributed by atoms with Crippen molar-refractivity contribution < 1.29 is 73.5 Å². The number of carbonyl (C=O) groups is 2. The average molecular weight is 240 g/mol. The molecule has 14 heteroatoms. The topological polar surface area (TPSA) is 143 Å². The van der Waals surface area contributed by atoms with E-state index in [0.29, 0.717) is 0 Å². The van der Waals surface area contributed by atoms with Gasteiger partial charge in [-0.25, -0.2) is 19.5 Å². The first-order valence-electron chi connectivity index (χ1n) is 2.88. The van der Waals surface area contributed by atoms with Crippen LogP contribution < -0.4 is 18.9 Å². The maximum absolute atomic E-state index is 10.5. The molecule has 0 saturated heterocycles. The quantitative estimate of drug-likeness (QED) is 0.273. The summed E-state index contributed by atoms with van der Waals surface area (Å²) in [5, 5.41) is 30.9. The summed E-state index contributed by atoms with van der Waals surface area (Å²) in [6.45, 7) is 0. The maximum Gasteiger partial charge on any atom is 1.00 e. The smallest absolute Gasteiger partial charge is 1.00 e. The molecule has 0 aliphatic rings. The van der Waals surface area contributed by atoms with Crippen LogP contribution in [-0.4, -0.2) is 46.7 Å². The molecule has 0 heterocycles. The molecule has 4 N–H and O–H groups in total. The summed E-state index contributed by atoms with van der Waals surface area (Å²) in [5.41, 5.74) is 0. The van der Waals surface area contributed by atoms with E-state index in [2.05, 4.69) is 14.5 Å². The van der Waals surface area contributed by atoms with Crippen LogP contribution in [-0.2, 0) is 24.0 Å². The van der Waals surface area contributed by atoms with Crippen LogP contribution in [0.4, 0.5) is 9.05 Å². The second-order valence-corrected chi connectivity index (χ2v) is 1.52. The monoisotopic (exact) mass is 240 g/mol. The van der Waals surface area contributed by atoms with Crippen LogP contribution in [0, 0.1) is 0 Å². The molecule has 0 saturated carbocycles. The van der Waals surface area contributed by atoms with Crippen molar-refractivity contribution in [1.29, 1.82) is 0 Å². The van der Waals surface area contributed by atoms with E-state index in [1.165, 1.54) is 0 Å². The Morgan fingerprint density at radius 3 is 1.25 bits per heavy atom. The summed E-state index contributed by atoms with van der Waals surface area (Å²) in [5.74, 6) is -4.04. The van der Waals surface area contributed by atoms with Crippen LogP contribution in [0.25, 0.3) is 0 Å². The molecule has 9 nitrogen and oxygen atoms in total. The van der Waals surface area contributed by atoms with Crippen molar-refractivity contribution in [2.75, 3.05) is 0 Å². The van der Waals surface area contributed by atoms with Crippen molar-refractivity contribution in [3.05, 3.63) is 0 Å². The largest absolute Gasteiger partial charge is 1.00 e. The minimum absolute atomic E-state index is 0. The molecule has 0 radical (unpaired) electrons. The first-order chi connectivity index (χ1) is 6.84. The second kappa shape index (κ2) is 12.4. The van der Waals surface area contributed by atoms with Crippen molar-refractivity contribution in [2.45, 2.75) is 0 Å². The summed E-state index contributed by atoms with van der Waals surface area (Å²) in [7, 11) is -4.25. The third-order valence-electron chi connectivity index (χ3n) is 0.550. The maximum atomic E-state index is 10.5. The Kier molecular flexibility index (Phi) is 16.0. The number of rotatable bonds is 2. The fourth-order valence-electron chi connectivity index (χ4n) is 0.172. The zero-order valence-electron chi connectivity index (χ0n) is 8.74. The molecule has 16 heavy (non-hydrogen) atoms. The van der Waals surface area contributed by atoms with Crippen LogP contribution >= 0.6 is 0 Å². The molecule has 0 bridgehead atoms. The predicted octanol–water partition coefficient (Wildman–Crippen LogP) is -6.10. The summed E-state index contributed by atoms with van der Waals surface area (Å²) in [6, 6.07) is 0. The van der Waals surface area contributed by atoms with Crippen LogP contribution in [0.1, 0.15) is 1.43 Å². The molecular formula is C2H5B2F2LiO9. The molecule has 0 fully saturated rings. The van der Waals surface area contributed by atoms with E-state index in [1.54, 1.807) is 0 Å². The normalized spacial score (nSPS) is 7.62. The summed E-state index contributed by atoms with van der Waals surface area (Å²) in [4.78, 5) is 23.4. The van der Waals surface area contributed by atoms with Crippen molar-refractivity contribution in [3.63, 3.8) is 0 Å². The molecule has 0 aromatic rings. The molecular weight excluding hydrogens is 235 g/mol. The third-order valence-corrected chi connectivity index (χ3v) is 0.550. The van der Waals surface area contributed by atoms with Gasteiger partial charge in [0.25, 0.3) is 0 Å². The molecule has 0 rings (SSSR count). The van der Waals surface area contributed by atoms with Crippen molar-refractivity contribution >= 4 is 26.6 Å². The zero-order valence-corrected chi connectivity index (χ0v) is 7.74. The van der Waals surface area contributed by atoms with Gasteiger partial charge in [-0.2, -0.15) is 0 Å². The van der Waals surface area contributed by atoms with Gasteiger partial charge in [0.05, 0.1) is 0 Å². The minimum atomic E-state index is -2.13. The molecule has 0 atom stereocenters. The molecule has 0 aromatic heterocycles. The van der Waals surface area contributed by atoms with Crippen LogP contribution in [0.3, 0.4) is 0 Å². The Morgan fingerprint density at radius 2 is 1.19 bits per heavy atom. The SMILES string of the molecule is O=C(OF)C(=O)OF.OB(O)OB(O)O.[H-].[Li+]. The van der Waals surface area contributed by atoms with Gasteiger partial charge in [-0.15, -0.1) is 0 Å². The Bertz CT molecular complexity index is 187. The van der Waals surface area contributed by atoms with E-state index in [0.717, 1.165) is 0 Å². The van der Waals surface area contributed by atoms with Gasteiger partial charge in [-0.1, -0.05) is 0 Å². The standard InChI is InChI=1S/C2F2O4.B2H4O5.Li.H/c3-7-1(5)2(6)8-4;3-1(4)7-2(5)6;;/h;3-6H;;/q;;+1;-1. The van der Waals surface area contributed by atoms with E-state index in [1.807, 2.05) is 0 Å². The van der Waals surface area contributed by atoms with Crippen molar-refractivity contribution in [3.8, 4) is 0 Å². The molecule has 0 unspecified atom stereocenters. The Balaban J connectivity index is -0.0000000896. The van der Waals surface area contributed by atoms with Crippen LogP contribution in [0.15, 0.2) is 0 Å². The van der Waals surface area contributed by atoms with Gasteiger partial charge in [-0.3, -0.25) is 0 Å². The second-order valence-electron chi connectivity index (χ2n) is 1.52. The third kappa shape index (κ3) is 15.8. The van der Waals surface area contributed by atoms with E-state index >= 15 is 0 Å². The first-order valence-corrected chi connectivity index (χ1v) is 2.88. The summed E-state index contributed by atoms with van der Waals surface area (Å²) in [6.07, 6.45) is 0. The summed E-state index contributed by atoms with van der Waals surface area (Å²) < 4.78 is 24.5. The molecule has 88 valence electrons. The molecule has 0 aliphatic heterocycles. The average Bonchev–Trinajstić information content (AvgIpc) is 2.14. The first kappa shape index (κ1) is 20.7. The Morgan fingerprint density at radius 1 is 0.938 bits per heavy atom. The van der Waals surface area contributed by atoms with E-state index in [9.17, 15) is 18.6 Å². The van der Waals surface area contributed by atoms with Crippen molar-refractivity contribution in [1.82, 2.24) is 0 Å². The van der Waals surface area contributed by atoms with Crippen LogP contribution in [0.5, 0.6) is 0 Å².